The first kappa shape index (κ1) is 11.7. The first-order valence-electron chi connectivity index (χ1n) is 6.32. The number of aromatic amines is 1. The second-order valence-electron chi connectivity index (χ2n) is 4.86. The maximum Gasteiger partial charge on any atom is 0.327 e. The SMILES string of the molecule is CC(C)n1c(=O)[nH]c2cc(-c3ccccc3)cnc21. The number of hydrogen-bond acceptors (Lipinski definition) is 2. The summed E-state index contributed by atoms with van der Waals surface area (Å²) in [5, 5.41) is 0. The Balaban J connectivity index is 2.21. The fraction of sp³-hybridized carbons (Fsp3) is 0.200. The van der Waals surface area contributed by atoms with Crippen LogP contribution in [0.1, 0.15) is 19.9 Å². The molecule has 0 radical (unpaired) electrons. The third-order valence-corrected chi connectivity index (χ3v) is 3.18. The summed E-state index contributed by atoms with van der Waals surface area (Å²) in [5.74, 6) is 0. The van der Waals surface area contributed by atoms with Crippen molar-refractivity contribution in [3.8, 4) is 11.1 Å². The Labute approximate surface area is 110 Å². The summed E-state index contributed by atoms with van der Waals surface area (Å²) in [6.07, 6.45) is 1.81. The summed E-state index contributed by atoms with van der Waals surface area (Å²) in [5.41, 5.74) is 3.47. The summed E-state index contributed by atoms with van der Waals surface area (Å²) >= 11 is 0. The van der Waals surface area contributed by atoms with Crippen LogP contribution in [0.2, 0.25) is 0 Å². The van der Waals surface area contributed by atoms with Crippen molar-refractivity contribution in [2.45, 2.75) is 19.9 Å². The lowest BCUT2D eigenvalue weighted by Crippen LogP contribution is -2.18. The van der Waals surface area contributed by atoms with Crippen molar-refractivity contribution in [2.75, 3.05) is 0 Å². The lowest BCUT2D eigenvalue weighted by atomic mass is 10.1. The molecule has 3 rings (SSSR count). The summed E-state index contributed by atoms with van der Waals surface area (Å²) < 4.78 is 1.67. The number of nitrogens with one attached hydrogen (secondary N) is 1. The fourth-order valence-corrected chi connectivity index (χ4v) is 2.28. The van der Waals surface area contributed by atoms with Crippen molar-refractivity contribution in [3.63, 3.8) is 0 Å². The maximum absolute atomic E-state index is 11.9. The second-order valence-corrected chi connectivity index (χ2v) is 4.86. The highest BCUT2D eigenvalue weighted by atomic mass is 16.1. The quantitative estimate of drug-likeness (QED) is 0.763. The molecule has 4 nitrogen and oxygen atoms in total. The predicted octanol–water partition coefficient (Wildman–Crippen LogP) is 2.97. The Morgan fingerprint density at radius 1 is 1.16 bits per heavy atom. The molecule has 0 aliphatic heterocycles. The van der Waals surface area contributed by atoms with Gasteiger partial charge in [0.05, 0.1) is 5.52 Å². The van der Waals surface area contributed by atoms with Crippen LogP contribution >= 0.6 is 0 Å². The molecule has 0 aliphatic rings. The lowest BCUT2D eigenvalue weighted by molar-refractivity contribution is 0.593. The summed E-state index contributed by atoms with van der Waals surface area (Å²) in [6, 6.07) is 12.1. The van der Waals surface area contributed by atoms with E-state index in [1.165, 1.54) is 0 Å². The third kappa shape index (κ3) is 1.95. The van der Waals surface area contributed by atoms with Gasteiger partial charge >= 0.3 is 5.69 Å². The van der Waals surface area contributed by atoms with Crippen molar-refractivity contribution in [1.82, 2.24) is 14.5 Å². The molecule has 0 fully saturated rings. The molecule has 1 N–H and O–H groups in total. The average molecular weight is 253 g/mol. The van der Waals surface area contributed by atoms with E-state index in [2.05, 4.69) is 9.97 Å². The Kier molecular flexibility index (Phi) is 2.71. The number of imidazole rings is 1. The van der Waals surface area contributed by atoms with Crippen LogP contribution in [-0.4, -0.2) is 14.5 Å². The largest absolute Gasteiger partial charge is 0.327 e. The van der Waals surface area contributed by atoms with Gasteiger partial charge in [-0.15, -0.1) is 0 Å². The van der Waals surface area contributed by atoms with Crippen LogP contribution in [0.5, 0.6) is 0 Å². The minimum Gasteiger partial charge on any atom is -0.304 e. The van der Waals surface area contributed by atoms with E-state index >= 15 is 0 Å². The molecular weight excluding hydrogens is 238 g/mol. The van der Waals surface area contributed by atoms with Crippen LogP contribution in [0.25, 0.3) is 22.3 Å². The number of aromatic nitrogens is 3. The van der Waals surface area contributed by atoms with Crippen molar-refractivity contribution in [2.24, 2.45) is 0 Å². The Morgan fingerprint density at radius 3 is 2.58 bits per heavy atom. The minimum atomic E-state index is -0.109. The summed E-state index contributed by atoms with van der Waals surface area (Å²) in [7, 11) is 0. The van der Waals surface area contributed by atoms with Crippen LogP contribution in [-0.2, 0) is 0 Å². The number of H-pyrrole nitrogens is 1. The Bertz CT molecular complexity index is 769. The van der Waals surface area contributed by atoms with Gasteiger partial charge in [0.1, 0.15) is 0 Å². The van der Waals surface area contributed by atoms with Crippen molar-refractivity contribution < 1.29 is 0 Å². The molecule has 0 amide bonds. The molecule has 2 heterocycles. The van der Waals surface area contributed by atoms with E-state index in [0.29, 0.717) is 5.65 Å². The molecule has 4 heteroatoms. The highest BCUT2D eigenvalue weighted by Crippen LogP contribution is 2.21. The molecule has 0 spiro atoms. The molecular formula is C15H15N3O. The first-order chi connectivity index (χ1) is 9.16. The van der Waals surface area contributed by atoms with E-state index in [0.717, 1.165) is 16.6 Å². The smallest absolute Gasteiger partial charge is 0.304 e. The van der Waals surface area contributed by atoms with Crippen LogP contribution in [0, 0.1) is 0 Å². The van der Waals surface area contributed by atoms with Gasteiger partial charge in [-0.3, -0.25) is 4.57 Å². The van der Waals surface area contributed by atoms with Crippen molar-refractivity contribution in [1.29, 1.82) is 0 Å². The zero-order valence-electron chi connectivity index (χ0n) is 10.9. The van der Waals surface area contributed by atoms with Gasteiger partial charge in [-0.1, -0.05) is 30.3 Å². The average Bonchev–Trinajstić information content (AvgIpc) is 2.74. The van der Waals surface area contributed by atoms with Gasteiger partial charge in [0, 0.05) is 17.8 Å². The van der Waals surface area contributed by atoms with Crippen molar-refractivity contribution >= 4 is 11.2 Å². The van der Waals surface area contributed by atoms with Gasteiger partial charge in [-0.05, 0) is 25.5 Å². The topological polar surface area (TPSA) is 50.7 Å². The molecule has 0 saturated carbocycles. The van der Waals surface area contributed by atoms with E-state index < -0.39 is 0 Å². The monoisotopic (exact) mass is 253 g/mol. The number of hydrogen-bond donors (Lipinski definition) is 1. The van der Waals surface area contributed by atoms with E-state index in [4.69, 9.17) is 0 Å². The highest BCUT2D eigenvalue weighted by molar-refractivity contribution is 5.78. The molecule has 1 aromatic carbocycles. The van der Waals surface area contributed by atoms with Gasteiger partial charge in [-0.25, -0.2) is 9.78 Å². The molecule has 0 saturated heterocycles. The number of nitrogens with zero attached hydrogens (tertiary/aromatic N) is 2. The zero-order valence-corrected chi connectivity index (χ0v) is 10.9. The molecule has 19 heavy (non-hydrogen) atoms. The van der Waals surface area contributed by atoms with Crippen molar-refractivity contribution in [3.05, 3.63) is 53.1 Å². The van der Waals surface area contributed by atoms with Gasteiger partial charge in [0.15, 0.2) is 5.65 Å². The number of benzene rings is 1. The minimum absolute atomic E-state index is 0.0938. The summed E-state index contributed by atoms with van der Waals surface area (Å²) in [6.45, 7) is 3.95. The fourth-order valence-electron chi connectivity index (χ4n) is 2.28. The Hall–Kier alpha value is -2.36. The Morgan fingerprint density at radius 2 is 1.89 bits per heavy atom. The van der Waals surface area contributed by atoms with Crippen LogP contribution in [0.3, 0.4) is 0 Å². The van der Waals surface area contributed by atoms with E-state index in [1.54, 1.807) is 4.57 Å². The van der Waals surface area contributed by atoms with Gasteiger partial charge in [0.2, 0.25) is 0 Å². The van der Waals surface area contributed by atoms with Gasteiger partial charge in [-0.2, -0.15) is 0 Å². The molecule has 0 unspecified atom stereocenters. The van der Waals surface area contributed by atoms with Crippen LogP contribution in [0.4, 0.5) is 0 Å². The van der Waals surface area contributed by atoms with Crippen LogP contribution < -0.4 is 5.69 Å². The molecule has 0 bridgehead atoms. The summed E-state index contributed by atoms with van der Waals surface area (Å²) in [4.78, 5) is 19.2. The zero-order chi connectivity index (χ0) is 13.4. The molecule has 0 atom stereocenters. The number of rotatable bonds is 2. The molecule has 0 aliphatic carbocycles. The molecule has 3 aromatic rings. The maximum atomic E-state index is 11.9. The van der Waals surface area contributed by atoms with Gasteiger partial charge in [0.25, 0.3) is 0 Å². The predicted molar refractivity (Wildman–Crippen MR) is 76.2 cm³/mol. The van der Waals surface area contributed by atoms with Gasteiger partial charge < -0.3 is 4.98 Å². The molecule has 96 valence electrons. The van der Waals surface area contributed by atoms with Crippen LogP contribution in [0.15, 0.2) is 47.4 Å². The van der Waals surface area contributed by atoms with E-state index in [-0.39, 0.29) is 11.7 Å². The highest BCUT2D eigenvalue weighted by Gasteiger charge is 2.11. The lowest BCUT2D eigenvalue weighted by Gasteiger charge is -2.06. The normalized spacial score (nSPS) is 11.3. The van der Waals surface area contributed by atoms with E-state index in [1.807, 2.05) is 56.4 Å². The second kappa shape index (κ2) is 4.39. The third-order valence-electron chi connectivity index (χ3n) is 3.18. The number of fused-ring (bicyclic) bond motifs is 1. The first-order valence-corrected chi connectivity index (χ1v) is 6.32. The number of pyridine rings is 1. The standard InChI is InChI=1S/C15H15N3O/c1-10(2)18-14-13(17-15(18)19)8-12(9-16-14)11-6-4-3-5-7-11/h3-10H,1-2H3,(H,17,19). The van der Waals surface area contributed by atoms with E-state index in [9.17, 15) is 4.79 Å². The molecule has 2 aromatic heterocycles.